The van der Waals surface area contributed by atoms with E-state index in [2.05, 4.69) is 15.3 Å². The molecule has 7 heteroatoms. The van der Waals surface area contributed by atoms with Gasteiger partial charge in [0.1, 0.15) is 11.4 Å². The number of hydrogen-bond donors (Lipinski definition) is 1. The molecular weight excluding hydrogens is 366 g/mol. The van der Waals surface area contributed by atoms with E-state index in [0.29, 0.717) is 6.04 Å². The summed E-state index contributed by atoms with van der Waals surface area (Å²) in [6, 6.07) is 8.11. The second-order valence-corrected chi connectivity index (χ2v) is 8.59. The number of anilines is 1. The van der Waals surface area contributed by atoms with Crippen molar-refractivity contribution in [3.63, 3.8) is 0 Å². The molecule has 7 nitrogen and oxygen atoms in total. The van der Waals surface area contributed by atoms with Gasteiger partial charge in [-0.3, -0.25) is 9.78 Å². The monoisotopic (exact) mass is 393 g/mol. The molecule has 3 heterocycles. The summed E-state index contributed by atoms with van der Waals surface area (Å²) in [6.45, 7) is 5.74. The van der Waals surface area contributed by atoms with Crippen molar-refractivity contribution in [1.29, 1.82) is 0 Å². The molecule has 152 valence electrons. The molecular formula is C22H27N5O2. The standard InChI is InChI=1S/C22H27N5O2/c1-22(2,3)29-21(28)16-4-6-17(7-5-16)25-19-8-9-20-24-14-18(27(20)26-19)15-10-12-23-13-11-15/h8-14,16-17H,4-7H2,1-3H3,(H,25,26). The normalized spacial score (nSPS) is 19.8. The molecule has 1 aliphatic carbocycles. The molecule has 0 aromatic carbocycles. The van der Waals surface area contributed by atoms with Gasteiger partial charge in [0.25, 0.3) is 0 Å². The van der Waals surface area contributed by atoms with Gasteiger partial charge in [0, 0.05) is 24.0 Å². The summed E-state index contributed by atoms with van der Waals surface area (Å²) < 4.78 is 7.39. The van der Waals surface area contributed by atoms with Crippen LogP contribution in [0.25, 0.3) is 16.9 Å². The van der Waals surface area contributed by atoms with Crippen molar-refractivity contribution in [2.45, 2.75) is 58.1 Å². The number of ether oxygens (including phenoxy) is 1. The Hall–Kier alpha value is -2.96. The fourth-order valence-electron chi connectivity index (χ4n) is 3.74. The van der Waals surface area contributed by atoms with E-state index in [-0.39, 0.29) is 11.9 Å². The largest absolute Gasteiger partial charge is 0.460 e. The molecule has 29 heavy (non-hydrogen) atoms. The van der Waals surface area contributed by atoms with Crippen molar-refractivity contribution in [2.24, 2.45) is 5.92 Å². The number of esters is 1. The highest BCUT2D eigenvalue weighted by molar-refractivity contribution is 5.73. The zero-order valence-electron chi connectivity index (χ0n) is 17.1. The van der Waals surface area contributed by atoms with Gasteiger partial charge < -0.3 is 10.1 Å². The van der Waals surface area contributed by atoms with Crippen LogP contribution in [0.3, 0.4) is 0 Å². The lowest BCUT2D eigenvalue weighted by atomic mass is 9.86. The van der Waals surface area contributed by atoms with Crippen molar-refractivity contribution in [2.75, 3.05) is 5.32 Å². The first kappa shape index (κ1) is 19.4. The van der Waals surface area contributed by atoms with Gasteiger partial charge in [0.05, 0.1) is 17.8 Å². The van der Waals surface area contributed by atoms with E-state index < -0.39 is 5.60 Å². The van der Waals surface area contributed by atoms with Gasteiger partial charge in [-0.05, 0) is 70.7 Å². The van der Waals surface area contributed by atoms with Gasteiger partial charge in [-0.25, -0.2) is 9.50 Å². The Labute approximate surface area is 170 Å². The number of aromatic nitrogens is 4. The number of pyridine rings is 1. The number of carbonyl (C=O) groups excluding carboxylic acids is 1. The molecule has 0 spiro atoms. The summed E-state index contributed by atoms with van der Waals surface area (Å²) in [6.07, 6.45) is 8.87. The molecule has 0 amide bonds. The fraction of sp³-hybridized carbons (Fsp3) is 0.455. The lowest BCUT2D eigenvalue weighted by molar-refractivity contribution is -0.161. The lowest BCUT2D eigenvalue weighted by Crippen LogP contribution is -2.34. The molecule has 0 unspecified atom stereocenters. The van der Waals surface area contributed by atoms with Crippen LogP contribution in [0.5, 0.6) is 0 Å². The Morgan fingerprint density at radius 1 is 1.10 bits per heavy atom. The number of hydrogen-bond acceptors (Lipinski definition) is 6. The molecule has 0 saturated heterocycles. The van der Waals surface area contributed by atoms with Crippen molar-refractivity contribution in [3.05, 3.63) is 42.9 Å². The maximum Gasteiger partial charge on any atom is 0.309 e. The molecule has 0 aliphatic heterocycles. The minimum Gasteiger partial charge on any atom is -0.460 e. The molecule has 1 saturated carbocycles. The van der Waals surface area contributed by atoms with Gasteiger partial charge in [-0.1, -0.05) is 0 Å². The van der Waals surface area contributed by atoms with Crippen LogP contribution in [-0.2, 0) is 9.53 Å². The number of fused-ring (bicyclic) bond motifs is 1. The lowest BCUT2D eigenvalue weighted by Gasteiger charge is -2.30. The average molecular weight is 393 g/mol. The molecule has 1 N–H and O–H groups in total. The van der Waals surface area contributed by atoms with Crippen LogP contribution in [0.4, 0.5) is 5.82 Å². The molecule has 0 radical (unpaired) electrons. The van der Waals surface area contributed by atoms with E-state index in [9.17, 15) is 4.79 Å². The number of nitrogens with one attached hydrogen (secondary N) is 1. The summed E-state index contributed by atoms with van der Waals surface area (Å²) in [5.41, 5.74) is 2.33. The van der Waals surface area contributed by atoms with E-state index in [1.807, 2.05) is 55.7 Å². The maximum absolute atomic E-state index is 12.3. The minimum absolute atomic E-state index is 0.00495. The first-order valence-electron chi connectivity index (χ1n) is 10.1. The smallest absolute Gasteiger partial charge is 0.309 e. The quantitative estimate of drug-likeness (QED) is 0.672. The Morgan fingerprint density at radius 3 is 2.52 bits per heavy atom. The molecule has 3 aromatic rings. The number of nitrogens with zero attached hydrogens (tertiary/aromatic N) is 4. The fourth-order valence-corrected chi connectivity index (χ4v) is 3.74. The van der Waals surface area contributed by atoms with Crippen LogP contribution in [0.1, 0.15) is 46.5 Å². The molecule has 4 rings (SSSR count). The van der Waals surface area contributed by atoms with E-state index in [0.717, 1.165) is 48.4 Å². The van der Waals surface area contributed by atoms with Gasteiger partial charge in [-0.2, -0.15) is 0 Å². The van der Waals surface area contributed by atoms with Crippen LogP contribution in [0.2, 0.25) is 0 Å². The number of imidazole rings is 1. The molecule has 3 aromatic heterocycles. The first-order chi connectivity index (χ1) is 13.9. The van der Waals surface area contributed by atoms with Gasteiger partial charge in [-0.15, -0.1) is 5.10 Å². The SMILES string of the molecule is CC(C)(C)OC(=O)C1CCC(Nc2ccc3ncc(-c4ccncc4)n3n2)CC1. The van der Waals surface area contributed by atoms with Gasteiger partial charge >= 0.3 is 5.97 Å². The predicted molar refractivity (Wildman–Crippen MR) is 111 cm³/mol. The van der Waals surface area contributed by atoms with Crippen LogP contribution in [-0.4, -0.2) is 37.2 Å². The van der Waals surface area contributed by atoms with Gasteiger partial charge in [0.15, 0.2) is 5.65 Å². The molecule has 1 fully saturated rings. The van der Waals surface area contributed by atoms with Gasteiger partial charge in [0.2, 0.25) is 0 Å². The van der Waals surface area contributed by atoms with Crippen molar-refractivity contribution >= 4 is 17.4 Å². The van der Waals surface area contributed by atoms with E-state index in [4.69, 9.17) is 9.84 Å². The zero-order valence-corrected chi connectivity index (χ0v) is 17.1. The van der Waals surface area contributed by atoms with Crippen LogP contribution < -0.4 is 5.32 Å². The Balaban J connectivity index is 1.42. The van der Waals surface area contributed by atoms with E-state index in [1.165, 1.54) is 0 Å². The third-order valence-electron chi connectivity index (χ3n) is 5.16. The topological polar surface area (TPSA) is 81.4 Å². The summed E-state index contributed by atoms with van der Waals surface area (Å²) in [5, 5.41) is 8.26. The Morgan fingerprint density at radius 2 is 1.83 bits per heavy atom. The third-order valence-corrected chi connectivity index (χ3v) is 5.16. The third kappa shape index (κ3) is 4.55. The first-order valence-corrected chi connectivity index (χ1v) is 10.1. The van der Waals surface area contributed by atoms with Crippen LogP contribution in [0.15, 0.2) is 42.9 Å². The summed E-state index contributed by atoms with van der Waals surface area (Å²) >= 11 is 0. The van der Waals surface area contributed by atoms with Crippen molar-refractivity contribution < 1.29 is 9.53 Å². The zero-order chi connectivity index (χ0) is 20.4. The highest BCUT2D eigenvalue weighted by Gasteiger charge is 2.30. The number of rotatable bonds is 4. The summed E-state index contributed by atoms with van der Waals surface area (Å²) in [7, 11) is 0. The average Bonchev–Trinajstić information content (AvgIpc) is 3.11. The molecule has 0 atom stereocenters. The second-order valence-electron chi connectivity index (χ2n) is 8.59. The maximum atomic E-state index is 12.3. The summed E-state index contributed by atoms with van der Waals surface area (Å²) in [5.74, 6) is 0.733. The number of carbonyl (C=O) groups is 1. The Kier molecular flexibility index (Phi) is 5.22. The predicted octanol–water partition coefficient (Wildman–Crippen LogP) is 4.10. The molecule has 1 aliphatic rings. The van der Waals surface area contributed by atoms with E-state index in [1.54, 1.807) is 12.4 Å². The van der Waals surface area contributed by atoms with Crippen LogP contribution >= 0.6 is 0 Å². The summed E-state index contributed by atoms with van der Waals surface area (Å²) in [4.78, 5) is 20.8. The second kappa shape index (κ2) is 7.81. The highest BCUT2D eigenvalue weighted by Crippen LogP contribution is 2.29. The minimum atomic E-state index is -0.428. The van der Waals surface area contributed by atoms with E-state index >= 15 is 0 Å². The van der Waals surface area contributed by atoms with Crippen molar-refractivity contribution in [3.8, 4) is 11.3 Å². The highest BCUT2D eigenvalue weighted by atomic mass is 16.6. The van der Waals surface area contributed by atoms with Crippen LogP contribution in [0, 0.1) is 5.92 Å². The van der Waals surface area contributed by atoms with Crippen molar-refractivity contribution in [1.82, 2.24) is 19.6 Å². The Bertz CT molecular complexity index is 985. The molecule has 0 bridgehead atoms.